The van der Waals surface area contributed by atoms with E-state index in [0.717, 1.165) is 10.6 Å². The first-order chi connectivity index (χ1) is 9.48. The topological polar surface area (TPSA) is 63.0 Å². The van der Waals surface area contributed by atoms with Crippen LogP contribution in [0.25, 0.3) is 0 Å². The Balaban J connectivity index is 2.02. The number of thioether (sulfide) groups is 1. The van der Waals surface area contributed by atoms with Gasteiger partial charge in [0.15, 0.2) is 0 Å². The Kier molecular flexibility index (Phi) is 4.67. The van der Waals surface area contributed by atoms with Crippen molar-refractivity contribution in [3.8, 4) is 0 Å². The van der Waals surface area contributed by atoms with Gasteiger partial charge >= 0.3 is 6.01 Å². The monoisotopic (exact) mass is 292 g/mol. The van der Waals surface area contributed by atoms with Gasteiger partial charge in [0, 0.05) is 10.4 Å². The Bertz CT molecular complexity index is 562. The van der Waals surface area contributed by atoms with Crippen molar-refractivity contribution in [2.75, 3.05) is 11.6 Å². The summed E-state index contributed by atoms with van der Waals surface area (Å²) >= 11 is 1.67. The molecule has 108 valence electrons. The van der Waals surface area contributed by atoms with E-state index in [9.17, 15) is 0 Å². The third-order valence-electron chi connectivity index (χ3n) is 2.59. The van der Waals surface area contributed by atoms with Gasteiger partial charge in [-0.25, -0.2) is 0 Å². The molecule has 0 spiro atoms. The van der Waals surface area contributed by atoms with Crippen molar-refractivity contribution in [3.63, 3.8) is 0 Å². The summed E-state index contributed by atoms with van der Waals surface area (Å²) < 4.78 is 5.58. The van der Waals surface area contributed by atoms with Gasteiger partial charge in [-0.2, -0.15) is 0 Å². The zero-order valence-corrected chi connectivity index (χ0v) is 13.0. The fraction of sp³-hybridized carbons (Fsp3) is 0.429. The van der Waals surface area contributed by atoms with Crippen LogP contribution >= 0.6 is 11.8 Å². The lowest BCUT2D eigenvalue weighted by atomic mass is 10.1. The molecule has 1 heterocycles. The number of aromatic nitrogens is 2. The zero-order valence-electron chi connectivity index (χ0n) is 12.2. The summed E-state index contributed by atoms with van der Waals surface area (Å²) in [6.45, 7) is 6.84. The molecule has 1 aromatic carbocycles. The predicted molar refractivity (Wildman–Crippen MR) is 82.4 cm³/mol. The molecular weight excluding hydrogens is 272 g/mol. The molecule has 20 heavy (non-hydrogen) atoms. The summed E-state index contributed by atoms with van der Waals surface area (Å²) in [7, 11) is 0. The lowest BCUT2D eigenvalue weighted by Gasteiger charge is -2.18. The molecule has 2 rings (SSSR count). The summed E-state index contributed by atoms with van der Waals surface area (Å²) in [5, 5.41) is 14.5. The molecule has 5 nitrogen and oxygen atoms in total. The normalized spacial score (nSPS) is 11.6. The lowest BCUT2D eigenvalue weighted by molar-refractivity contribution is 0.384. The molecule has 0 amide bonds. The molecule has 2 N–H and O–H groups in total. The predicted octanol–water partition coefficient (Wildman–Crippen LogP) is 3.42. The van der Waals surface area contributed by atoms with Gasteiger partial charge in [0.25, 0.3) is 0 Å². The Hall–Kier alpha value is -1.53. The van der Waals surface area contributed by atoms with Gasteiger partial charge in [0.05, 0.1) is 12.2 Å². The number of benzene rings is 1. The first kappa shape index (κ1) is 14.9. The summed E-state index contributed by atoms with van der Waals surface area (Å²) in [4.78, 5) is 1.14. The fourth-order valence-electron chi connectivity index (χ4n) is 1.58. The van der Waals surface area contributed by atoms with E-state index in [4.69, 9.17) is 4.42 Å². The van der Waals surface area contributed by atoms with Crippen molar-refractivity contribution < 1.29 is 4.42 Å². The van der Waals surface area contributed by atoms with Crippen molar-refractivity contribution >= 4 is 23.5 Å². The maximum absolute atomic E-state index is 5.58. The maximum Gasteiger partial charge on any atom is 0.320 e. The van der Waals surface area contributed by atoms with Crippen LogP contribution in [0.2, 0.25) is 0 Å². The second kappa shape index (κ2) is 6.28. The highest BCUT2D eigenvalue weighted by Gasteiger charge is 2.12. The Morgan fingerprint density at radius 2 is 1.95 bits per heavy atom. The highest BCUT2D eigenvalue weighted by atomic mass is 32.2. The highest BCUT2D eigenvalue weighted by Crippen LogP contribution is 2.27. The van der Waals surface area contributed by atoms with E-state index in [1.54, 1.807) is 11.8 Å². The molecule has 0 aliphatic carbocycles. The standard InChI is InChI=1S/C14H20N4OS/c1-14(2,3)15-9-12-17-18-13(19-12)16-10-7-5-6-8-11(10)20-4/h5-8,15H,9H2,1-4H3,(H,16,18). The molecule has 0 radical (unpaired) electrons. The minimum absolute atomic E-state index is 0.0213. The Labute approximate surface area is 123 Å². The molecule has 0 fully saturated rings. The maximum atomic E-state index is 5.58. The number of anilines is 2. The zero-order chi connectivity index (χ0) is 14.6. The summed E-state index contributed by atoms with van der Waals surface area (Å²) in [5.41, 5.74) is 0.993. The summed E-state index contributed by atoms with van der Waals surface area (Å²) in [6, 6.07) is 8.43. The summed E-state index contributed by atoms with van der Waals surface area (Å²) in [5.74, 6) is 0.573. The largest absolute Gasteiger partial charge is 0.406 e. The quantitative estimate of drug-likeness (QED) is 0.823. The Morgan fingerprint density at radius 1 is 1.20 bits per heavy atom. The van der Waals surface area contributed by atoms with Gasteiger partial charge in [-0.1, -0.05) is 17.2 Å². The van der Waals surface area contributed by atoms with Crippen molar-refractivity contribution in [1.82, 2.24) is 15.5 Å². The van der Waals surface area contributed by atoms with Crippen LogP contribution in [0.5, 0.6) is 0 Å². The molecule has 0 atom stereocenters. The molecule has 0 unspecified atom stereocenters. The first-order valence-corrected chi connectivity index (χ1v) is 7.68. The number of rotatable bonds is 5. The van der Waals surface area contributed by atoms with E-state index in [-0.39, 0.29) is 5.54 Å². The van der Waals surface area contributed by atoms with Gasteiger partial charge < -0.3 is 15.1 Å². The highest BCUT2D eigenvalue weighted by molar-refractivity contribution is 7.98. The molecule has 0 saturated carbocycles. The van der Waals surface area contributed by atoms with Crippen molar-refractivity contribution in [2.45, 2.75) is 37.8 Å². The van der Waals surface area contributed by atoms with E-state index < -0.39 is 0 Å². The molecule has 6 heteroatoms. The third-order valence-corrected chi connectivity index (χ3v) is 3.38. The van der Waals surface area contributed by atoms with E-state index in [1.165, 1.54) is 0 Å². The van der Waals surface area contributed by atoms with Crippen LogP contribution in [0.3, 0.4) is 0 Å². The molecule has 0 saturated heterocycles. The number of hydrogen-bond acceptors (Lipinski definition) is 6. The second-order valence-corrected chi connectivity index (χ2v) is 6.28. The van der Waals surface area contributed by atoms with Crippen LogP contribution in [-0.2, 0) is 6.54 Å². The minimum Gasteiger partial charge on any atom is -0.406 e. The third kappa shape index (κ3) is 4.25. The van der Waals surface area contributed by atoms with Gasteiger partial charge in [-0.15, -0.1) is 16.9 Å². The van der Waals surface area contributed by atoms with Crippen LogP contribution in [0, 0.1) is 0 Å². The molecule has 0 aliphatic heterocycles. The van der Waals surface area contributed by atoms with E-state index in [2.05, 4.69) is 41.6 Å². The van der Waals surface area contributed by atoms with Crippen LogP contribution in [0.1, 0.15) is 26.7 Å². The van der Waals surface area contributed by atoms with E-state index >= 15 is 0 Å². The van der Waals surface area contributed by atoms with Gasteiger partial charge in [-0.05, 0) is 39.2 Å². The van der Waals surface area contributed by atoms with Crippen LogP contribution in [0.15, 0.2) is 33.6 Å². The van der Waals surface area contributed by atoms with Crippen LogP contribution in [-0.4, -0.2) is 22.0 Å². The average Bonchev–Trinajstić information content (AvgIpc) is 2.84. The first-order valence-electron chi connectivity index (χ1n) is 6.45. The molecule has 0 aliphatic rings. The Morgan fingerprint density at radius 3 is 2.65 bits per heavy atom. The van der Waals surface area contributed by atoms with Crippen molar-refractivity contribution in [2.24, 2.45) is 0 Å². The van der Waals surface area contributed by atoms with Crippen molar-refractivity contribution in [1.29, 1.82) is 0 Å². The van der Waals surface area contributed by atoms with Gasteiger partial charge in [-0.3, -0.25) is 0 Å². The molecule has 0 bridgehead atoms. The lowest BCUT2D eigenvalue weighted by Crippen LogP contribution is -2.35. The van der Waals surface area contributed by atoms with Crippen LogP contribution in [0.4, 0.5) is 11.7 Å². The molecule has 1 aromatic heterocycles. The minimum atomic E-state index is 0.0213. The van der Waals surface area contributed by atoms with E-state index in [1.807, 2.05) is 30.5 Å². The van der Waals surface area contributed by atoms with Gasteiger partial charge in [0.1, 0.15) is 0 Å². The molecule has 2 aromatic rings. The number of para-hydroxylation sites is 1. The second-order valence-electron chi connectivity index (χ2n) is 5.43. The van der Waals surface area contributed by atoms with Crippen molar-refractivity contribution in [3.05, 3.63) is 30.2 Å². The smallest absolute Gasteiger partial charge is 0.320 e. The molecular formula is C14H20N4OS. The number of nitrogens with zero attached hydrogens (tertiary/aromatic N) is 2. The number of hydrogen-bond donors (Lipinski definition) is 2. The fourth-order valence-corrected chi connectivity index (χ4v) is 2.13. The van der Waals surface area contributed by atoms with E-state index in [0.29, 0.717) is 18.5 Å². The number of nitrogens with one attached hydrogen (secondary N) is 2. The average molecular weight is 292 g/mol. The van der Waals surface area contributed by atoms with Gasteiger partial charge in [0.2, 0.25) is 5.89 Å². The van der Waals surface area contributed by atoms with Crippen LogP contribution < -0.4 is 10.6 Å². The SMILES string of the molecule is CSc1ccccc1Nc1nnc(CNC(C)(C)C)o1. The summed E-state index contributed by atoms with van der Waals surface area (Å²) in [6.07, 6.45) is 2.03.